The molecule has 0 amide bonds. The highest BCUT2D eigenvalue weighted by molar-refractivity contribution is 6.82. The lowest BCUT2D eigenvalue weighted by molar-refractivity contribution is 0.0936. The Balaban J connectivity index is 1.68. The molecule has 5 heteroatoms. The van der Waals surface area contributed by atoms with Crippen molar-refractivity contribution in [3.63, 3.8) is 0 Å². The molecule has 4 nitrogen and oxygen atoms in total. The van der Waals surface area contributed by atoms with Crippen LogP contribution in [0.15, 0.2) is 48.2 Å². The molecular formula is C23H36O4Si. The van der Waals surface area contributed by atoms with Crippen molar-refractivity contribution < 1.29 is 19.3 Å². The third kappa shape index (κ3) is 6.89. The Labute approximate surface area is 171 Å². The smallest absolute Gasteiger partial charge is 0.118 e. The van der Waals surface area contributed by atoms with Gasteiger partial charge in [0, 0.05) is 5.92 Å². The van der Waals surface area contributed by atoms with Crippen LogP contribution in [0.5, 0.6) is 5.75 Å². The Hall–Kier alpha value is -1.40. The van der Waals surface area contributed by atoms with Crippen LogP contribution in [-0.2, 0) is 16.1 Å². The summed E-state index contributed by atoms with van der Waals surface area (Å²) in [5.74, 6) is 1.02. The van der Waals surface area contributed by atoms with E-state index in [0.717, 1.165) is 23.3 Å². The Morgan fingerprint density at radius 2 is 1.86 bits per heavy atom. The quantitative estimate of drug-likeness (QED) is 0.310. The summed E-state index contributed by atoms with van der Waals surface area (Å²) < 4.78 is 16.7. The average Bonchev–Trinajstić information content (AvgIpc) is 3.40. The molecule has 1 aromatic rings. The van der Waals surface area contributed by atoms with E-state index in [1.165, 1.54) is 5.20 Å². The molecule has 1 heterocycles. The number of aliphatic hydroxyl groups excluding tert-OH is 1. The number of ether oxygens (including phenoxy) is 3. The second kappa shape index (κ2) is 9.88. The molecule has 4 atom stereocenters. The highest BCUT2D eigenvalue weighted by Gasteiger charge is 2.45. The first-order valence-electron chi connectivity index (χ1n) is 10.0. The van der Waals surface area contributed by atoms with Gasteiger partial charge in [-0.3, -0.25) is 0 Å². The molecule has 156 valence electrons. The molecule has 1 aromatic carbocycles. The zero-order valence-electron chi connectivity index (χ0n) is 18.0. The van der Waals surface area contributed by atoms with Crippen LogP contribution >= 0.6 is 0 Å². The maximum absolute atomic E-state index is 10.5. The second-order valence-corrected chi connectivity index (χ2v) is 14.1. The van der Waals surface area contributed by atoms with Crippen molar-refractivity contribution in [1.29, 1.82) is 0 Å². The maximum atomic E-state index is 10.5. The van der Waals surface area contributed by atoms with E-state index in [2.05, 4.69) is 39.7 Å². The van der Waals surface area contributed by atoms with Gasteiger partial charge in [0.1, 0.15) is 11.9 Å². The van der Waals surface area contributed by atoms with Crippen LogP contribution in [0.3, 0.4) is 0 Å². The first kappa shape index (κ1) is 22.9. The average molecular weight is 405 g/mol. The minimum Gasteiger partial charge on any atom is -0.497 e. The van der Waals surface area contributed by atoms with Crippen molar-refractivity contribution in [1.82, 2.24) is 0 Å². The van der Waals surface area contributed by atoms with E-state index in [-0.39, 0.29) is 18.1 Å². The van der Waals surface area contributed by atoms with Gasteiger partial charge in [-0.15, -0.1) is 6.58 Å². The van der Waals surface area contributed by atoms with Crippen LogP contribution in [-0.4, -0.2) is 45.2 Å². The normalized spacial score (nSPS) is 21.1. The number of rotatable bonds is 12. The Morgan fingerprint density at radius 1 is 1.21 bits per heavy atom. The first-order chi connectivity index (χ1) is 13.1. The van der Waals surface area contributed by atoms with Crippen molar-refractivity contribution in [2.45, 2.75) is 64.3 Å². The monoisotopic (exact) mass is 404 g/mol. The predicted octanol–water partition coefficient (Wildman–Crippen LogP) is 4.75. The summed E-state index contributed by atoms with van der Waals surface area (Å²) in [6.07, 6.45) is 0.940. The van der Waals surface area contributed by atoms with Crippen molar-refractivity contribution in [3.05, 3.63) is 53.8 Å². The summed E-state index contributed by atoms with van der Waals surface area (Å²) in [7, 11) is 0.314. The molecule has 0 radical (unpaired) electrons. The van der Waals surface area contributed by atoms with Gasteiger partial charge in [-0.05, 0) is 30.5 Å². The molecule has 0 aliphatic carbocycles. The lowest BCUT2D eigenvalue weighted by Gasteiger charge is -2.19. The van der Waals surface area contributed by atoms with Crippen LogP contribution < -0.4 is 4.74 Å². The molecule has 0 unspecified atom stereocenters. The van der Waals surface area contributed by atoms with Gasteiger partial charge >= 0.3 is 0 Å². The van der Waals surface area contributed by atoms with E-state index in [9.17, 15) is 5.11 Å². The molecule has 1 saturated heterocycles. The fourth-order valence-electron chi connectivity index (χ4n) is 2.99. The largest absolute Gasteiger partial charge is 0.497 e. The second-order valence-electron chi connectivity index (χ2n) is 8.89. The number of epoxide rings is 1. The molecule has 1 aliphatic heterocycles. The van der Waals surface area contributed by atoms with Gasteiger partial charge in [-0.1, -0.05) is 56.0 Å². The molecule has 2 rings (SSSR count). The molecule has 1 fully saturated rings. The van der Waals surface area contributed by atoms with Crippen LogP contribution in [0.1, 0.15) is 25.3 Å². The summed E-state index contributed by atoms with van der Waals surface area (Å²) in [6.45, 7) is 18.5. The maximum Gasteiger partial charge on any atom is 0.118 e. The highest BCUT2D eigenvalue weighted by Crippen LogP contribution is 2.35. The van der Waals surface area contributed by atoms with E-state index < -0.39 is 14.2 Å². The zero-order chi connectivity index (χ0) is 20.9. The van der Waals surface area contributed by atoms with Gasteiger partial charge in [0.25, 0.3) is 0 Å². The van der Waals surface area contributed by atoms with Gasteiger partial charge in [0.05, 0.1) is 40.6 Å². The van der Waals surface area contributed by atoms with Crippen molar-refractivity contribution in [2.24, 2.45) is 5.92 Å². The van der Waals surface area contributed by atoms with E-state index in [0.29, 0.717) is 19.6 Å². The Bertz CT molecular complexity index is 662. The van der Waals surface area contributed by atoms with Gasteiger partial charge < -0.3 is 19.3 Å². The van der Waals surface area contributed by atoms with Gasteiger partial charge in [-0.25, -0.2) is 0 Å². The van der Waals surface area contributed by atoms with Crippen LogP contribution in [0, 0.1) is 5.92 Å². The molecule has 0 saturated carbocycles. The SMILES string of the molecule is C=C(C[C@H](O)[C@@H]1O[C@@H]1CC(=C)[Si](C)(C)C)[C@@H](C)COCc1ccc(OC)cc1. The molecular weight excluding hydrogens is 368 g/mol. The van der Waals surface area contributed by atoms with E-state index in [4.69, 9.17) is 14.2 Å². The van der Waals surface area contributed by atoms with Crippen molar-refractivity contribution >= 4 is 8.07 Å². The third-order valence-corrected chi connectivity index (χ3v) is 7.80. The fourth-order valence-corrected chi connectivity index (χ4v) is 3.80. The topological polar surface area (TPSA) is 51.2 Å². The third-order valence-electron chi connectivity index (χ3n) is 5.47. The van der Waals surface area contributed by atoms with Crippen LogP contribution in [0.4, 0.5) is 0 Å². The lowest BCUT2D eigenvalue weighted by atomic mass is 9.95. The fraction of sp³-hybridized carbons (Fsp3) is 0.565. The molecule has 28 heavy (non-hydrogen) atoms. The molecule has 0 bridgehead atoms. The minimum absolute atomic E-state index is 0.0859. The standard InChI is InChI=1S/C23H36O4Si/c1-16(12-21(24)23-22(27-23)13-18(3)28(5,6)7)17(2)14-26-15-19-8-10-20(25-4)11-9-19/h8-11,17,21-24H,1,3,12-15H2,2,4-7H3/t17-,21-,22+,23-/m0/s1. The van der Waals surface area contributed by atoms with E-state index in [1.54, 1.807) is 7.11 Å². The zero-order valence-corrected chi connectivity index (χ0v) is 19.0. The van der Waals surface area contributed by atoms with Crippen molar-refractivity contribution in [3.8, 4) is 5.75 Å². The number of methoxy groups -OCH3 is 1. The van der Waals surface area contributed by atoms with Crippen LogP contribution in [0.2, 0.25) is 19.6 Å². The summed E-state index contributed by atoms with van der Waals surface area (Å²) >= 11 is 0. The summed E-state index contributed by atoms with van der Waals surface area (Å²) in [5.41, 5.74) is 2.11. The summed E-state index contributed by atoms with van der Waals surface area (Å²) in [4.78, 5) is 0. The van der Waals surface area contributed by atoms with Crippen LogP contribution in [0.25, 0.3) is 0 Å². The number of benzene rings is 1. The Kier molecular flexibility index (Phi) is 8.07. The summed E-state index contributed by atoms with van der Waals surface area (Å²) in [5, 5.41) is 11.8. The van der Waals surface area contributed by atoms with Crippen molar-refractivity contribution in [2.75, 3.05) is 13.7 Å². The highest BCUT2D eigenvalue weighted by atomic mass is 28.3. The molecule has 1 aliphatic rings. The van der Waals surface area contributed by atoms with E-state index in [1.807, 2.05) is 24.3 Å². The van der Waals surface area contributed by atoms with E-state index >= 15 is 0 Å². The lowest BCUT2D eigenvalue weighted by Crippen LogP contribution is -2.26. The van der Waals surface area contributed by atoms with Gasteiger partial charge in [0.2, 0.25) is 0 Å². The predicted molar refractivity (Wildman–Crippen MR) is 117 cm³/mol. The van der Waals surface area contributed by atoms with Gasteiger partial charge in [0.15, 0.2) is 0 Å². The van der Waals surface area contributed by atoms with Gasteiger partial charge in [-0.2, -0.15) is 0 Å². The molecule has 1 N–H and O–H groups in total. The number of aliphatic hydroxyl groups is 1. The molecule has 0 aromatic heterocycles. The number of hydrogen-bond acceptors (Lipinski definition) is 4. The Morgan fingerprint density at radius 3 is 2.43 bits per heavy atom. The summed E-state index contributed by atoms with van der Waals surface area (Å²) in [6, 6.07) is 7.86. The molecule has 0 spiro atoms. The number of hydrogen-bond donors (Lipinski definition) is 1. The minimum atomic E-state index is -1.34. The first-order valence-corrected chi connectivity index (χ1v) is 13.5.